The molecular weight excluding hydrogens is 509 g/mol. The lowest BCUT2D eigenvalue weighted by Gasteiger charge is -2.62. The van der Waals surface area contributed by atoms with Crippen molar-refractivity contribution in [2.24, 2.45) is 28.4 Å². The Labute approximate surface area is 228 Å². The molecule has 1 saturated heterocycles. The standard InChI is InChI=1S/C29H40FNO8/c1-25(2)38-23-14-20-19-8-7-17-13-18(32)9-10-26(17,3)28(19,30)21(33)15-27(20,4)29(23,39-25)22(34)16-37-24(35)36-12-6-5-11-31/h9-10,13,19-21,23,33H,5-8,11-12,14-16,31H2,1-4H3/t19-,20-,21-,23+,26-,27-,28-,29+/m0/s1. The van der Waals surface area contributed by atoms with E-state index in [2.05, 4.69) is 0 Å². The molecule has 8 atom stereocenters. The first-order valence-corrected chi connectivity index (χ1v) is 14.0. The number of Topliss-reactive ketones (excluding diaryl/α,β-unsaturated/α-hetero) is 1. The Hall–Kier alpha value is -2.14. The first kappa shape index (κ1) is 28.4. The Balaban J connectivity index is 1.45. The zero-order chi connectivity index (χ0) is 28.4. The van der Waals surface area contributed by atoms with Gasteiger partial charge in [-0.15, -0.1) is 0 Å². The van der Waals surface area contributed by atoms with Crippen LogP contribution in [0.1, 0.15) is 66.2 Å². The lowest BCUT2D eigenvalue weighted by Crippen LogP contribution is -2.70. The number of carbonyl (C=O) groups is 3. The number of halogens is 1. The van der Waals surface area contributed by atoms with Gasteiger partial charge in [0.2, 0.25) is 5.78 Å². The molecule has 4 fully saturated rings. The third kappa shape index (κ3) is 3.96. The number of unbranched alkanes of at least 4 members (excludes halogenated alkanes) is 1. The van der Waals surface area contributed by atoms with E-state index in [1.54, 1.807) is 26.8 Å². The maximum Gasteiger partial charge on any atom is 0.508 e. The summed E-state index contributed by atoms with van der Waals surface area (Å²) in [6.45, 7) is 7.06. The van der Waals surface area contributed by atoms with Crippen molar-refractivity contribution in [3.05, 3.63) is 23.8 Å². The van der Waals surface area contributed by atoms with E-state index in [9.17, 15) is 19.5 Å². The normalized spacial score (nSPS) is 43.6. The van der Waals surface area contributed by atoms with Crippen LogP contribution < -0.4 is 5.73 Å². The van der Waals surface area contributed by atoms with Crippen molar-refractivity contribution in [3.63, 3.8) is 0 Å². The van der Waals surface area contributed by atoms with E-state index in [0.717, 1.165) is 0 Å². The summed E-state index contributed by atoms with van der Waals surface area (Å²) in [5.41, 5.74) is 0.415. The molecule has 39 heavy (non-hydrogen) atoms. The minimum Gasteiger partial charge on any atom is -0.434 e. The highest BCUT2D eigenvalue weighted by molar-refractivity contribution is 6.01. The lowest BCUT2D eigenvalue weighted by atomic mass is 9.44. The van der Waals surface area contributed by atoms with Gasteiger partial charge in [0.1, 0.15) is 0 Å². The van der Waals surface area contributed by atoms with Crippen LogP contribution in [0.2, 0.25) is 0 Å². The van der Waals surface area contributed by atoms with Crippen LogP contribution in [0.25, 0.3) is 0 Å². The van der Waals surface area contributed by atoms with Gasteiger partial charge in [-0.05, 0) is 83.9 Å². The second-order valence-corrected chi connectivity index (χ2v) is 12.7. The van der Waals surface area contributed by atoms with E-state index in [0.29, 0.717) is 44.2 Å². The summed E-state index contributed by atoms with van der Waals surface area (Å²) in [5.74, 6) is -2.74. The van der Waals surface area contributed by atoms with Crippen molar-refractivity contribution in [1.29, 1.82) is 0 Å². The molecular formula is C29H40FNO8. The number of allylic oxidation sites excluding steroid dienone is 4. The van der Waals surface area contributed by atoms with E-state index < -0.39 is 64.6 Å². The number of rotatable bonds is 7. The Kier molecular flexibility index (Phi) is 6.89. The molecule has 216 valence electrons. The van der Waals surface area contributed by atoms with Crippen LogP contribution in [0, 0.1) is 22.7 Å². The van der Waals surface area contributed by atoms with E-state index >= 15 is 4.39 Å². The molecule has 5 aliphatic rings. The van der Waals surface area contributed by atoms with Gasteiger partial charge in [0, 0.05) is 16.7 Å². The predicted molar refractivity (Wildman–Crippen MR) is 137 cm³/mol. The largest absolute Gasteiger partial charge is 0.508 e. The lowest BCUT2D eigenvalue weighted by molar-refractivity contribution is -0.246. The zero-order valence-corrected chi connectivity index (χ0v) is 23.2. The highest BCUT2D eigenvalue weighted by Gasteiger charge is 2.80. The average Bonchev–Trinajstić information content (AvgIpc) is 3.27. The molecule has 0 aromatic heterocycles. The van der Waals surface area contributed by atoms with Crippen LogP contribution in [-0.4, -0.2) is 71.9 Å². The number of alkyl halides is 1. The van der Waals surface area contributed by atoms with Gasteiger partial charge in [-0.25, -0.2) is 9.18 Å². The fraction of sp³-hybridized carbons (Fsp3) is 0.759. The molecule has 1 heterocycles. The van der Waals surface area contributed by atoms with Crippen LogP contribution in [0.3, 0.4) is 0 Å². The molecule has 0 aromatic carbocycles. The number of ether oxygens (including phenoxy) is 4. The van der Waals surface area contributed by atoms with Crippen LogP contribution in [0.15, 0.2) is 23.8 Å². The number of aliphatic hydroxyl groups is 1. The molecule has 0 spiro atoms. The number of aliphatic hydroxyl groups excluding tert-OH is 1. The summed E-state index contributed by atoms with van der Waals surface area (Å²) in [7, 11) is 0. The predicted octanol–water partition coefficient (Wildman–Crippen LogP) is 3.32. The molecule has 0 radical (unpaired) electrons. The van der Waals surface area contributed by atoms with Crippen molar-refractivity contribution in [3.8, 4) is 0 Å². The van der Waals surface area contributed by atoms with Crippen LogP contribution in [0.5, 0.6) is 0 Å². The van der Waals surface area contributed by atoms with Crippen molar-refractivity contribution in [2.75, 3.05) is 19.8 Å². The van der Waals surface area contributed by atoms with Gasteiger partial charge < -0.3 is 29.8 Å². The minimum absolute atomic E-state index is 0.0550. The van der Waals surface area contributed by atoms with Gasteiger partial charge in [0.15, 0.2) is 29.4 Å². The van der Waals surface area contributed by atoms with Gasteiger partial charge in [0.05, 0.1) is 18.8 Å². The van der Waals surface area contributed by atoms with Crippen molar-refractivity contribution in [2.45, 2.75) is 95.5 Å². The molecule has 0 aromatic rings. The Bertz CT molecular complexity index is 1120. The SMILES string of the molecule is CC1(C)O[C@@H]2C[C@H]3[C@@H]4CCC5=CC(=O)C=C[C@]5(C)[C@@]4(F)[C@@H](O)C[C@]3(C)[C@]2(C(=O)COC(=O)OCCCCN)O1. The van der Waals surface area contributed by atoms with Crippen LogP contribution >= 0.6 is 0 Å². The molecule has 3 saturated carbocycles. The molecule has 4 aliphatic carbocycles. The summed E-state index contributed by atoms with van der Waals surface area (Å²) in [6, 6.07) is 0. The van der Waals surface area contributed by atoms with E-state index in [4.69, 9.17) is 24.7 Å². The number of fused-ring (bicyclic) bond motifs is 7. The van der Waals surface area contributed by atoms with Gasteiger partial charge >= 0.3 is 6.16 Å². The minimum atomic E-state index is -2.04. The first-order chi connectivity index (χ1) is 18.2. The highest BCUT2D eigenvalue weighted by Crippen LogP contribution is 2.72. The van der Waals surface area contributed by atoms with Gasteiger partial charge in [0.25, 0.3) is 0 Å². The van der Waals surface area contributed by atoms with Crippen molar-refractivity contribution < 1.29 is 42.8 Å². The molecule has 0 unspecified atom stereocenters. The smallest absolute Gasteiger partial charge is 0.434 e. The van der Waals surface area contributed by atoms with Gasteiger partial charge in [-0.3, -0.25) is 9.59 Å². The third-order valence-electron chi connectivity index (χ3n) is 10.2. The number of nitrogens with two attached hydrogens (primary N) is 1. The summed E-state index contributed by atoms with van der Waals surface area (Å²) >= 11 is 0. The summed E-state index contributed by atoms with van der Waals surface area (Å²) < 4.78 is 40.3. The maximum absolute atomic E-state index is 17.4. The van der Waals surface area contributed by atoms with Crippen LogP contribution in [0.4, 0.5) is 9.18 Å². The quantitative estimate of drug-likeness (QED) is 0.362. The molecule has 9 nitrogen and oxygen atoms in total. The number of ketones is 2. The third-order valence-corrected chi connectivity index (χ3v) is 10.2. The van der Waals surface area contributed by atoms with Crippen molar-refractivity contribution in [1.82, 2.24) is 0 Å². The summed E-state index contributed by atoms with van der Waals surface area (Å²) in [5, 5.41) is 11.6. The number of carbonyl (C=O) groups excluding carboxylic acids is 3. The van der Waals surface area contributed by atoms with Crippen molar-refractivity contribution >= 4 is 17.7 Å². The Morgan fingerprint density at radius 3 is 2.64 bits per heavy atom. The maximum atomic E-state index is 17.4. The second kappa shape index (κ2) is 9.46. The van der Waals surface area contributed by atoms with E-state index in [-0.39, 0.29) is 24.7 Å². The molecule has 1 aliphatic heterocycles. The van der Waals surface area contributed by atoms with Gasteiger partial charge in [-0.2, -0.15) is 0 Å². The second-order valence-electron chi connectivity index (χ2n) is 12.7. The number of hydrogen-bond donors (Lipinski definition) is 2. The Morgan fingerprint density at radius 2 is 1.92 bits per heavy atom. The molecule has 3 N–H and O–H groups in total. The van der Waals surface area contributed by atoms with E-state index in [1.807, 2.05) is 6.92 Å². The van der Waals surface area contributed by atoms with Crippen LogP contribution in [-0.2, 0) is 28.5 Å². The summed E-state index contributed by atoms with van der Waals surface area (Å²) in [6.07, 6.45) is 3.88. The fourth-order valence-corrected chi connectivity index (χ4v) is 8.48. The zero-order valence-electron chi connectivity index (χ0n) is 23.2. The summed E-state index contributed by atoms with van der Waals surface area (Å²) in [4.78, 5) is 38.2. The number of hydrogen-bond acceptors (Lipinski definition) is 9. The Morgan fingerprint density at radius 1 is 1.18 bits per heavy atom. The topological polar surface area (TPSA) is 134 Å². The molecule has 10 heteroatoms. The first-order valence-electron chi connectivity index (χ1n) is 14.0. The monoisotopic (exact) mass is 549 g/mol. The molecule has 0 bridgehead atoms. The van der Waals surface area contributed by atoms with E-state index in [1.165, 1.54) is 12.2 Å². The average molecular weight is 550 g/mol. The fourth-order valence-electron chi connectivity index (χ4n) is 8.48. The molecule has 5 rings (SSSR count). The highest BCUT2D eigenvalue weighted by atomic mass is 19.1. The molecule has 0 amide bonds. The van der Waals surface area contributed by atoms with Gasteiger partial charge in [-0.1, -0.05) is 18.6 Å².